The second-order valence-corrected chi connectivity index (χ2v) is 2.47. The highest BCUT2D eigenvalue weighted by molar-refractivity contribution is 5.77. The lowest BCUT2D eigenvalue weighted by Gasteiger charge is -2.40. The predicted octanol–water partition coefficient (Wildman–Crippen LogP) is -0.262. The van der Waals surface area contributed by atoms with Gasteiger partial charge in [-0.05, 0) is 6.92 Å². The molecule has 1 heterocycles. The highest BCUT2D eigenvalue weighted by Crippen LogP contribution is 2.04. The minimum Gasteiger partial charge on any atom is -0.299 e. The predicted molar refractivity (Wildman–Crippen MR) is 34.9 cm³/mol. The highest BCUT2D eigenvalue weighted by Gasteiger charge is 2.21. The van der Waals surface area contributed by atoms with Crippen LogP contribution in [0.25, 0.3) is 0 Å². The first-order valence-corrected chi connectivity index (χ1v) is 3.15. The lowest BCUT2D eigenvalue weighted by Crippen LogP contribution is -2.55. The topological polar surface area (TPSA) is 23.6 Å². The van der Waals surface area contributed by atoms with Gasteiger partial charge in [-0.15, -0.1) is 0 Å². The van der Waals surface area contributed by atoms with E-state index in [0.717, 1.165) is 13.1 Å². The zero-order chi connectivity index (χ0) is 6.85. The van der Waals surface area contributed by atoms with E-state index in [4.69, 9.17) is 0 Å². The van der Waals surface area contributed by atoms with Gasteiger partial charge >= 0.3 is 0 Å². The first-order valence-electron chi connectivity index (χ1n) is 3.15. The van der Waals surface area contributed by atoms with Crippen LogP contribution in [0.1, 0.15) is 6.92 Å². The molecule has 0 aromatic carbocycles. The maximum Gasteiger partial charge on any atom is 0.145 e. The molecule has 0 spiro atoms. The number of hydrazine groups is 1. The van der Waals surface area contributed by atoms with Crippen molar-refractivity contribution in [2.45, 2.75) is 6.92 Å². The van der Waals surface area contributed by atoms with Gasteiger partial charge in [0.05, 0.1) is 6.54 Å². The summed E-state index contributed by atoms with van der Waals surface area (Å²) in [7, 11) is 1.99. The molecule has 0 aliphatic carbocycles. The van der Waals surface area contributed by atoms with Gasteiger partial charge in [0.2, 0.25) is 0 Å². The van der Waals surface area contributed by atoms with Crippen LogP contribution in [0.15, 0.2) is 0 Å². The van der Waals surface area contributed by atoms with Crippen LogP contribution >= 0.6 is 0 Å². The number of carbonyl (C=O) groups is 1. The summed E-state index contributed by atoms with van der Waals surface area (Å²) >= 11 is 0. The second-order valence-electron chi connectivity index (χ2n) is 2.47. The van der Waals surface area contributed by atoms with Gasteiger partial charge in [-0.2, -0.15) is 0 Å². The molecule has 0 aromatic rings. The number of hydrogen-bond donors (Lipinski definition) is 0. The second kappa shape index (κ2) is 2.45. The average Bonchev–Trinajstić information content (AvgIpc) is 1.79. The van der Waals surface area contributed by atoms with Crippen molar-refractivity contribution in [3.63, 3.8) is 0 Å². The van der Waals surface area contributed by atoms with Crippen molar-refractivity contribution in [1.82, 2.24) is 10.0 Å². The molecule has 1 saturated heterocycles. The van der Waals surface area contributed by atoms with E-state index in [-0.39, 0.29) is 5.78 Å². The molecule has 0 N–H and O–H groups in total. The summed E-state index contributed by atoms with van der Waals surface area (Å²) in [6, 6.07) is 0. The van der Waals surface area contributed by atoms with Gasteiger partial charge in [-0.3, -0.25) is 4.79 Å². The quantitative estimate of drug-likeness (QED) is 0.512. The van der Waals surface area contributed by atoms with E-state index >= 15 is 0 Å². The molecule has 1 fully saturated rings. The fourth-order valence-corrected chi connectivity index (χ4v) is 0.898. The molecular weight excluding hydrogens is 116 g/mol. The van der Waals surface area contributed by atoms with Gasteiger partial charge < -0.3 is 0 Å². The van der Waals surface area contributed by atoms with E-state index in [9.17, 15) is 4.79 Å². The Bertz CT molecular complexity index is 124. The van der Waals surface area contributed by atoms with Crippen molar-refractivity contribution in [2.24, 2.45) is 0 Å². The van der Waals surface area contributed by atoms with Crippen LogP contribution in [-0.2, 0) is 4.79 Å². The molecule has 0 amide bonds. The fourth-order valence-electron chi connectivity index (χ4n) is 0.898. The lowest BCUT2D eigenvalue weighted by atomic mass is 10.3. The first-order chi connectivity index (χ1) is 4.20. The Labute approximate surface area is 55.2 Å². The third kappa shape index (κ3) is 1.50. The van der Waals surface area contributed by atoms with E-state index in [1.54, 1.807) is 6.92 Å². The molecule has 3 heteroatoms. The number of likely N-dealkylation sites (N-methyl/N-ethyl adjacent to an activating group) is 1. The monoisotopic (exact) mass is 128 g/mol. The molecule has 0 aromatic heterocycles. The van der Waals surface area contributed by atoms with Gasteiger partial charge in [-0.1, -0.05) is 0 Å². The van der Waals surface area contributed by atoms with Gasteiger partial charge in [0.15, 0.2) is 0 Å². The molecule has 0 unspecified atom stereocenters. The van der Waals surface area contributed by atoms with Crippen LogP contribution < -0.4 is 0 Å². The Morgan fingerprint density at radius 1 is 1.56 bits per heavy atom. The van der Waals surface area contributed by atoms with Gasteiger partial charge in [0.1, 0.15) is 5.78 Å². The van der Waals surface area contributed by atoms with Crippen molar-refractivity contribution < 1.29 is 4.79 Å². The highest BCUT2D eigenvalue weighted by atomic mass is 16.1. The van der Waals surface area contributed by atoms with Crippen molar-refractivity contribution in [2.75, 3.05) is 26.7 Å². The maximum atomic E-state index is 10.5. The fraction of sp³-hybridized carbons (Fsp3) is 0.833. The summed E-state index contributed by atoms with van der Waals surface area (Å²) in [4.78, 5) is 10.5. The van der Waals surface area contributed by atoms with Gasteiger partial charge in [-0.25, -0.2) is 10.0 Å². The molecule has 3 nitrogen and oxygen atoms in total. The standard InChI is InChI=1S/C6H12N2O/c1-6(9)5-8-4-3-7(8)2/h3-5H2,1-2H3. The summed E-state index contributed by atoms with van der Waals surface area (Å²) < 4.78 is 0. The molecule has 52 valence electrons. The van der Waals surface area contributed by atoms with E-state index < -0.39 is 0 Å². The smallest absolute Gasteiger partial charge is 0.145 e. The van der Waals surface area contributed by atoms with Crippen molar-refractivity contribution >= 4 is 5.78 Å². The van der Waals surface area contributed by atoms with Crippen LogP contribution in [0.4, 0.5) is 0 Å². The van der Waals surface area contributed by atoms with Crippen LogP contribution in [0.5, 0.6) is 0 Å². The average molecular weight is 128 g/mol. The lowest BCUT2D eigenvalue weighted by molar-refractivity contribution is -0.133. The van der Waals surface area contributed by atoms with Gasteiger partial charge in [0.25, 0.3) is 0 Å². The van der Waals surface area contributed by atoms with Crippen LogP contribution in [-0.4, -0.2) is 42.5 Å². The third-order valence-corrected chi connectivity index (χ3v) is 1.57. The van der Waals surface area contributed by atoms with Crippen molar-refractivity contribution in [3.8, 4) is 0 Å². The van der Waals surface area contributed by atoms with Crippen molar-refractivity contribution in [3.05, 3.63) is 0 Å². The van der Waals surface area contributed by atoms with E-state index in [1.807, 2.05) is 12.1 Å². The Morgan fingerprint density at radius 3 is 2.33 bits per heavy atom. The Hall–Kier alpha value is -0.410. The third-order valence-electron chi connectivity index (χ3n) is 1.57. The number of rotatable bonds is 2. The SMILES string of the molecule is CC(=O)CN1CCN1C. The number of nitrogens with zero attached hydrogens (tertiary/aromatic N) is 2. The van der Waals surface area contributed by atoms with Gasteiger partial charge in [0, 0.05) is 20.1 Å². The molecule has 1 rings (SSSR count). The normalized spacial score (nSPS) is 21.6. The summed E-state index contributed by atoms with van der Waals surface area (Å²) in [6.07, 6.45) is 0. The molecule has 0 saturated carbocycles. The maximum absolute atomic E-state index is 10.5. The number of ketones is 1. The van der Waals surface area contributed by atoms with Crippen LogP contribution in [0, 0.1) is 0 Å². The zero-order valence-electron chi connectivity index (χ0n) is 5.92. The molecule has 0 atom stereocenters. The number of carbonyl (C=O) groups excluding carboxylic acids is 1. The minimum absolute atomic E-state index is 0.238. The van der Waals surface area contributed by atoms with Crippen molar-refractivity contribution in [1.29, 1.82) is 0 Å². The first kappa shape index (κ1) is 6.71. The summed E-state index contributed by atoms with van der Waals surface area (Å²) in [5, 5.41) is 4.09. The molecule has 0 bridgehead atoms. The Kier molecular flexibility index (Phi) is 1.83. The van der Waals surface area contributed by atoms with E-state index in [0.29, 0.717) is 6.54 Å². The molecular formula is C6H12N2O. The Morgan fingerprint density at radius 2 is 2.22 bits per heavy atom. The molecule has 1 aliphatic rings. The largest absolute Gasteiger partial charge is 0.299 e. The Balaban J connectivity index is 2.21. The zero-order valence-corrected chi connectivity index (χ0v) is 5.92. The van der Waals surface area contributed by atoms with Crippen LogP contribution in [0.3, 0.4) is 0 Å². The van der Waals surface area contributed by atoms with E-state index in [2.05, 4.69) is 5.01 Å². The minimum atomic E-state index is 0.238. The number of hydrogen-bond acceptors (Lipinski definition) is 3. The van der Waals surface area contributed by atoms with E-state index in [1.165, 1.54) is 0 Å². The van der Waals surface area contributed by atoms with Crippen LogP contribution in [0.2, 0.25) is 0 Å². The number of Topliss-reactive ketones (excluding diaryl/α,β-unsaturated/α-hetero) is 1. The molecule has 9 heavy (non-hydrogen) atoms. The molecule has 1 aliphatic heterocycles. The summed E-state index contributed by atoms with van der Waals surface area (Å²) in [5.74, 6) is 0.238. The summed E-state index contributed by atoms with van der Waals surface area (Å²) in [6.45, 7) is 4.33. The molecule has 0 radical (unpaired) electrons. The summed E-state index contributed by atoms with van der Waals surface area (Å²) in [5.41, 5.74) is 0.